The first-order valence-corrected chi connectivity index (χ1v) is 7.02. The van der Waals surface area contributed by atoms with Gasteiger partial charge in [0.25, 0.3) is 0 Å². The van der Waals surface area contributed by atoms with Crippen LogP contribution in [0.2, 0.25) is 0 Å². The summed E-state index contributed by atoms with van der Waals surface area (Å²) in [5.41, 5.74) is 0. The van der Waals surface area contributed by atoms with Crippen LogP contribution in [0.3, 0.4) is 0 Å². The number of hydrogen-bond donors (Lipinski definition) is 1. The quantitative estimate of drug-likeness (QED) is 0.757. The monoisotopic (exact) mass is 295 g/mol. The SMILES string of the molecule is COc1ccc(OCC(=O)OCCC2CNCCO2)cc1. The molecule has 1 N–H and O–H groups in total. The van der Waals surface area contributed by atoms with E-state index in [4.69, 9.17) is 18.9 Å². The predicted octanol–water partition coefficient (Wildman–Crippen LogP) is 0.996. The van der Waals surface area contributed by atoms with Crippen molar-refractivity contribution < 1.29 is 23.7 Å². The first-order valence-electron chi connectivity index (χ1n) is 7.02. The molecule has 1 fully saturated rings. The van der Waals surface area contributed by atoms with Gasteiger partial charge in [-0.15, -0.1) is 0 Å². The molecule has 0 aliphatic carbocycles. The molecule has 1 aromatic rings. The van der Waals surface area contributed by atoms with Crippen LogP contribution < -0.4 is 14.8 Å². The van der Waals surface area contributed by atoms with E-state index >= 15 is 0 Å². The maximum Gasteiger partial charge on any atom is 0.344 e. The van der Waals surface area contributed by atoms with Gasteiger partial charge < -0.3 is 24.3 Å². The fourth-order valence-electron chi connectivity index (χ4n) is 1.97. The number of ether oxygens (including phenoxy) is 4. The van der Waals surface area contributed by atoms with Gasteiger partial charge in [-0.05, 0) is 24.3 Å². The van der Waals surface area contributed by atoms with Crippen LogP contribution in [0.5, 0.6) is 11.5 Å². The molecule has 1 atom stereocenters. The second kappa shape index (κ2) is 8.49. The van der Waals surface area contributed by atoms with Gasteiger partial charge in [0.15, 0.2) is 6.61 Å². The minimum Gasteiger partial charge on any atom is -0.497 e. The first kappa shape index (κ1) is 15.6. The third-order valence-electron chi connectivity index (χ3n) is 3.12. The first-order chi connectivity index (χ1) is 10.3. The van der Waals surface area contributed by atoms with Crippen molar-refractivity contribution in [2.24, 2.45) is 0 Å². The Morgan fingerprint density at radius 2 is 2.10 bits per heavy atom. The smallest absolute Gasteiger partial charge is 0.344 e. The number of rotatable bonds is 7. The maximum atomic E-state index is 11.6. The van der Waals surface area contributed by atoms with Crippen LogP contribution in [-0.4, -0.2) is 52.1 Å². The molecule has 1 saturated heterocycles. The lowest BCUT2D eigenvalue weighted by Crippen LogP contribution is -2.39. The predicted molar refractivity (Wildman–Crippen MR) is 76.7 cm³/mol. The summed E-state index contributed by atoms with van der Waals surface area (Å²) in [5, 5.41) is 3.23. The zero-order valence-corrected chi connectivity index (χ0v) is 12.2. The zero-order valence-electron chi connectivity index (χ0n) is 12.2. The van der Waals surface area contributed by atoms with Crippen molar-refractivity contribution in [1.29, 1.82) is 0 Å². The molecule has 1 heterocycles. The average molecular weight is 295 g/mol. The van der Waals surface area contributed by atoms with Crippen LogP contribution in [0.25, 0.3) is 0 Å². The molecule has 6 nitrogen and oxygen atoms in total. The van der Waals surface area contributed by atoms with E-state index in [1.54, 1.807) is 31.4 Å². The number of benzene rings is 1. The lowest BCUT2D eigenvalue weighted by molar-refractivity contribution is -0.147. The largest absolute Gasteiger partial charge is 0.497 e. The molecule has 1 unspecified atom stereocenters. The molecule has 116 valence electrons. The molecule has 1 aromatic carbocycles. The van der Waals surface area contributed by atoms with Gasteiger partial charge >= 0.3 is 5.97 Å². The van der Waals surface area contributed by atoms with Crippen LogP contribution in [0, 0.1) is 0 Å². The Labute approximate surface area is 124 Å². The summed E-state index contributed by atoms with van der Waals surface area (Å²) >= 11 is 0. The number of morpholine rings is 1. The molecule has 21 heavy (non-hydrogen) atoms. The number of hydrogen-bond acceptors (Lipinski definition) is 6. The number of nitrogens with one attached hydrogen (secondary N) is 1. The summed E-state index contributed by atoms with van der Waals surface area (Å²) in [6.07, 6.45) is 0.815. The fraction of sp³-hybridized carbons (Fsp3) is 0.533. The highest BCUT2D eigenvalue weighted by molar-refractivity contribution is 5.71. The Morgan fingerprint density at radius 1 is 1.33 bits per heavy atom. The van der Waals surface area contributed by atoms with Gasteiger partial charge in [0, 0.05) is 19.5 Å². The minimum absolute atomic E-state index is 0.101. The average Bonchev–Trinajstić information content (AvgIpc) is 2.54. The molecular weight excluding hydrogens is 274 g/mol. The van der Waals surface area contributed by atoms with Crippen molar-refractivity contribution in [2.75, 3.05) is 40.0 Å². The summed E-state index contributed by atoms with van der Waals surface area (Å²) in [6.45, 7) is 2.64. The standard InChI is InChI=1S/C15H21NO5/c1-18-12-2-4-13(5-3-12)21-11-15(17)20-8-6-14-10-16-7-9-19-14/h2-5,14,16H,6-11H2,1H3. The highest BCUT2D eigenvalue weighted by Crippen LogP contribution is 2.16. The van der Waals surface area contributed by atoms with E-state index in [0.717, 1.165) is 18.8 Å². The van der Waals surface area contributed by atoms with Gasteiger partial charge in [-0.2, -0.15) is 0 Å². The van der Waals surface area contributed by atoms with E-state index in [9.17, 15) is 4.79 Å². The van der Waals surface area contributed by atoms with Crippen molar-refractivity contribution in [3.05, 3.63) is 24.3 Å². The molecule has 0 saturated carbocycles. The number of carbonyl (C=O) groups is 1. The van der Waals surface area contributed by atoms with Gasteiger partial charge in [-0.3, -0.25) is 0 Å². The van der Waals surface area contributed by atoms with E-state index in [0.29, 0.717) is 25.4 Å². The second-order valence-electron chi connectivity index (χ2n) is 4.67. The topological polar surface area (TPSA) is 66.0 Å². The van der Waals surface area contributed by atoms with Gasteiger partial charge in [-0.1, -0.05) is 0 Å². The summed E-state index contributed by atoms with van der Waals surface area (Å²) < 4.78 is 21.0. The van der Waals surface area contributed by atoms with Crippen molar-refractivity contribution in [2.45, 2.75) is 12.5 Å². The third-order valence-corrected chi connectivity index (χ3v) is 3.12. The Morgan fingerprint density at radius 3 is 2.76 bits per heavy atom. The third kappa shape index (κ3) is 5.61. The normalized spacial score (nSPS) is 18.0. The van der Waals surface area contributed by atoms with Gasteiger partial charge in [0.1, 0.15) is 11.5 Å². The van der Waals surface area contributed by atoms with E-state index in [1.165, 1.54) is 0 Å². The molecule has 0 spiro atoms. The summed E-state index contributed by atoms with van der Waals surface area (Å²) in [4.78, 5) is 11.6. The lowest BCUT2D eigenvalue weighted by atomic mass is 10.2. The molecule has 0 bridgehead atoms. The minimum atomic E-state index is -0.380. The van der Waals surface area contributed by atoms with Crippen molar-refractivity contribution >= 4 is 5.97 Å². The molecule has 1 aliphatic heterocycles. The van der Waals surface area contributed by atoms with Crippen molar-refractivity contribution in [1.82, 2.24) is 5.32 Å². The summed E-state index contributed by atoms with van der Waals surface area (Å²) in [5.74, 6) is 0.966. The highest BCUT2D eigenvalue weighted by Gasteiger charge is 2.14. The highest BCUT2D eigenvalue weighted by atomic mass is 16.6. The van der Waals surface area contributed by atoms with E-state index in [2.05, 4.69) is 5.32 Å². The number of carbonyl (C=O) groups excluding carboxylic acids is 1. The molecule has 2 rings (SSSR count). The second-order valence-corrected chi connectivity index (χ2v) is 4.67. The molecule has 0 aromatic heterocycles. The number of methoxy groups -OCH3 is 1. The molecule has 6 heteroatoms. The van der Waals surface area contributed by atoms with Gasteiger partial charge in [0.05, 0.1) is 26.4 Å². The Balaban J connectivity index is 1.60. The molecule has 1 aliphatic rings. The van der Waals surface area contributed by atoms with Crippen LogP contribution in [0.15, 0.2) is 24.3 Å². The van der Waals surface area contributed by atoms with Gasteiger partial charge in [-0.25, -0.2) is 4.79 Å². The summed E-state index contributed by atoms with van der Waals surface area (Å²) in [7, 11) is 1.60. The van der Waals surface area contributed by atoms with Gasteiger partial charge in [0.2, 0.25) is 0 Å². The Kier molecular flexibility index (Phi) is 6.30. The Bertz CT molecular complexity index is 428. The number of esters is 1. The zero-order chi connectivity index (χ0) is 14.9. The van der Waals surface area contributed by atoms with Crippen LogP contribution in [-0.2, 0) is 14.3 Å². The van der Waals surface area contributed by atoms with E-state index in [-0.39, 0.29) is 18.7 Å². The van der Waals surface area contributed by atoms with E-state index < -0.39 is 0 Å². The summed E-state index contributed by atoms with van der Waals surface area (Å²) in [6, 6.07) is 7.03. The van der Waals surface area contributed by atoms with E-state index in [1.807, 2.05) is 0 Å². The van der Waals surface area contributed by atoms with Crippen molar-refractivity contribution in [3.8, 4) is 11.5 Å². The maximum absolute atomic E-state index is 11.6. The molecule has 0 radical (unpaired) electrons. The molecular formula is C15H21NO5. The van der Waals surface area contributed by atoms with Crippen LogP contribution in [0.1, 0.15) is 6.42 Å². The molecule has 0 amide bonds. The van der Waals surface area contributed by atoms with Crippen molar-refractivity contribution in [3.63, 3.8) is 0 Å². The Hall–Kier alpha value is -1.79. The lowest BCUT2D eigenvalue weighted by Gasteiger charge is -2.23. The van der Waals surface area contributed by atoms with Crippen LogP contribution >= 0.6 is 0 Å². The van der Waals surface area contributed by atoms with Crippen LogP contribution in [0.4, 0.5) is 0 Å². The fourth-order valence-corrected chi connectivity index (χ4v) is 1.97.